The number of aliphatic hydroxyl groups is 1. The van der Waals surface area contributed by atoms with Gasteiger partial charge in [-0.1, -0.05) is 0 Å². The Bertz CT molecular complexity index is 1310. The number of anilines is 1. The van der Waals surface area contributed by atoms with Gasteiger partial charge >= 0.3 is 0 Å². The van der Waals surface area contributed by atoms with Crippen LogP contribution in [0, 0.1) is 23.7 Å². The highest BCUT2D eigenvalue weighted by Crippen LogP contribution is 2.52. The van der Waals surface area contributed by atoms with Gasteiger partial charge < -0.3 is 25.3 Å². The smallest absolute Gasteiger partial charge is 0.235 e. The van der Waals surface area contributed by atoms with E-state index in [2.05, 4.69) is 0 Å². The number of hydrogen-bond donors (Lipinski definition) is 3. The molecule has 2 unspecified atom stereocenters. The number of aromatic hydroxyl groups is 1. The predicted octanol–water partition coefficient (Wildman–Crippen LogP) is 0.653. The van der Waals surface area contributed by atoms with Crippen LogP contribution in [0.5, 0.6) is 5.75 Å². The lowest BCUT2D eigenvalue weighted by molar-refractivity contribution is -0.175. The van der Waals surface area contributed by atoms with Crippen LogP contribution in [0.2, 0.25) is 0 Å². The fourth-order valence-corrected chi connectivity index (χ4v) is 6.03. The summed E-state index contributed by atoms with van der Waals surface area (Å²) in [5, 5.41) is 22.4. The number of ketones is 4. The van der Waals surface area contributed by atoms with Crippen LogP contribution >= 0.6 is 0 Å². The molecule has 0 aliphatic heterocycles. The Hall–Kier alpha value is -3.79. The molecule has 10 heteroatoms. The zero-order chi connectivity index (χ0) is 25.4. The second-order valence-corrected chi connectivity index (χ2v) is 9.76. The van der Waals surface area contributed by atoms with Crippen molar-refractivity contribution < 1.29 is 38.6 Å². The summed E-state index contributed by atoms with van der Waals surface area (Å²) in [6.07, 6.45) is 1.32. The highest BCUT2D eigenvalue weighted by atomic mass is 16.3. The standard InChI is InChI=1S/C25H24N2O8/c1-27(2)14-9-13(16-4-3-5-35-16)20(29)18-12(14)7-10-6-11-8-15(28)19(24(26)33)23(32)25(11,34)22(31)17(10)21(18)30/h3-5,9-11,17,19,29,34H,6-8H2,1-2H3,(H2,26,33)/t10-,11+,17?,19?,25+/m1/s1. The van der Waals surface area contributed by atoms with Gasteiger partial charge in [-0.15, -0.1) is 0 Å². The number of amides is 1. The van der Waals surface area contributed by atoms with E-state index in [9.17, 15) is 34.2 Å². The summed E-state index contributed by atoms with van der Waals surface area (Å²) in [6, 6.07) is 4.96. The highest BCUT2D eigenvalue weighted by Gasteiger charge is 2.66. The molecule has 2 aromatic rings. The Morgan fingerprint density at radius 1 is 1.17 bits per heavy atom. The number of phenols is 1. The Morgan fingerprint density at radius 2 is 1.89 bits per heavy atom. The van der Waals surface area contributed by atoms with Crippen LogP contribution in [0.1, 0.15) is 28.8 Å². The van der Waals surface area contributed by atoms with E-state index >= 15 is 0 Å². The normalized spacial score (nSPS) is 29.9. The number of nitrogens with zero attached hydrogens (tertiary/aromatic N) is 1. The molecule has 0 bridgehead atoms. The van der Waals surface area contributed by atoms with Crippen LogP contribution in [-0.2, 0) is 25.6 Å². The summed E-state index contributed by atoms with van der Waals surface area (Å²) in [7, 11) is 3.56. The molecule has 10 nitrogen and oxygen atoms in total. The van der Waals surface area contributed by atoms with Crippen molar-refractivity contribution in [1.29, 1.82) is 0 Å². The maximum atomic E-state index is 13.8. The maximum absolute atomic E-state index is 13.8. The molecule has 1 heterocycles. The van der Waals surface area contributed by atoms with Crippen molar-refractivity contribution in [3.05, 3.63) is 35.6 Å². The number of fused-ring (bicyclic) bond motifs is 3. The number of Topliss-reactive ketones (excluding diaryl/α,β-unsaturated/α-hetero) is 4. The van der Waals surface area contributed by atoms with Gasteiger partial charge in [0.2, 0.25) is 5.91 Å². The van der Waals surface area contributed by atoms with Crippen LogP contribution < -0.4 is 10.6 Å². The van der Waals surface area contributed by atoms with Crippen molar-refractivity contribution in [2.75, 3.05) is 19.0 Å². The quantitative estimate of drug-likeness (QED) is 0.534. The first-order valence-corrected chi connectivity index (χ1v) is 11.3. The molecule has 0 radical (unpaired) electrons. The monoisotopic (exact) mass is 480 g/mol. The number of furan rings is 1. The van der Waals surface area contributed by atoms with E-state index in [0.29, 0.717) is 17.0 Å². The van der Waals surface area contributed by atoms with Gasteiger partial charge in [0, 0.05) is 32.1 Å². The van der Waals surface area contributed by atoms with Gasteiger partial charge in [-0.05, 0) is 42.5 Å². The van der Waals surface area contributed by atoms with Crippen LogP contribution in [0.4, 0.5) is 5.69 Å². The summed E-state index contributed by atoms with van der Waals surface area (Å²) in [5.41, 5.74) is 3.92. The lowest BCUT2D eigenvalue weighted by atomic mass is 9.53. The molecular weight excluding hydrogens is 456 g/mol. The zero-order valence-corrected chi connectivity index (χ0v) is 19.1. The first kappa shape index (κ1) is 23.0. The summed E-state index contributed by atoms with van der Waals surface area (Å²) in [5.74, 6) is -10.0. The molecule has 3 aliphatic rings. The van der Waals surface area contributed by atoms with Gasteiger partial charge in [0.15, 0.2) is 34.7 Å². The van der Waals surface area contributed by atoms with Gasteiger partial charge in [0.25, 0.3) is 0 Å². The Morgan fingerprint density at radius 3 is 2.49 bits per heavy atom. The zero-order valence-electron chi connectivity index (χ0n) is 19.1. The van der Waals surface area contributed by atoms with Crippen molar-refractivity contribution in [3.63, 3.8) is 0 Å². The molecule has 2 saturated carbocycles. The molecule has 5 atom stereocenters. The lowest BCUT2D eigenvalue weighted by Crippen LogP contribution is -2.68. The second kappa shape index (κ2) is 7.61. The number of carbonyl (C=O) groups excluding carboxylic acids is 5. The molecule has 0 spiro atoms. The van der Waals surface area contributed by atoms with Gasteiger partial charge in [-0.2, -0.15) is 0 Å². The third-order valence-electron chi connectivity index (χ3n) is 7.65. The number of hydrogen-bond acceptors (Lipinski definition) is 9. The SMILES string of the molecule is CN(C)c1cc(-c2ccco2)c(O)c2c1C[C@H]1C[C@H]3CC(=O)C(C(N)=O)C(=O)[C@@]3(O)C(=O)C1C2=O. The summed E-state index contributed by atoms with van der Waals surface area (Å²) in [6.45, 7) is 0. The molecule has 4 N–H and O–H groups in total. The summed E-state index contributed by atoms with van der Waals surface area (Å²) in [4.78, 5) is 66.4. The molecule has 1 aromatic carbocycles. The molecule has 3 aliphatic carbocycles. The third kappa shape index (κ3) is 3.02. The van der Waals surface area contributed by atoms with E-state index in [-0.39, 0.29) is 36.1 Å². The van der Waals surface area contributed by atoms with Crippen LogP contribution in [-0.4, -0.2) is 58.9 Å². The van der Waals surface area contributed by atoms with E-state index in [1.807, 2.05) is 0 Å². The highest BCUT2D eigenvalue weighted by molar-refractivity contribution is 6.31. The molecule has 182 valence electrons. The van der Waals surface area contributed by atoms with Crippen molar-refractivity contribution in [1.82, 2.24) is 0 Å². The van der Waals surface area contributed by atoms with Crippen LogP contribution in [0.25, 0.3) is 11.3 Å². The van der Waals surface area contributed by atoms with Crippen molar-refractivity contribution in [3.8, 4) is 17.1 Å². The number of phenolic OH excluding ortho intramolecular Hbond substituents is 1. The lowest BCUT2D eigenvalue weighted by Gasteiger charge is -2.48. The molecule has 0 saturated heterocycles. The second-order valence-electron chi connectivity index (χ2n) is 9.76. The summed E-state index contributed by atoms with van der Waals surface area (Å²) >= 11 is 0. The molecule has 35 heavy (non-hydrogen) atoms. The van der Waals surface area contributed by atoms with Gasteiger partial charge in [-0.25, -0.2) is 0 Å². The van der Waals surface area contributed by atoms with Gasteiger partial charge in [-0.3, -0.25) is 24.0 Å². The van der Waals surface area contributed by atoms with E-state index in [1.165, 1.54) is 6.26 Å². The summed E-state index contributed by atoms with van der Waals surface area (Å²) < 4.78 is 5.42. The number of benzene rings is 1. The average molecular weight is 480 g/mol. The number of nitrogens with two attached hydrogens (primary N) is 1. The number of carbonyl (C=O) groups is 5. The first-order valence-electron chi connectivity index (χ1n) is 11.3. The minimum Gasteiger partial charge on any atom is -0.506 e. The predicted molar refractivity (Wildman–Crippen MR) is 121 cm³/mol. The molecular formula is C25H24N2O8. The first-order chi connectivity index (χ1) is 16.5. The molecule has 5 rings (SSSR count). The van der Waals surface area contributed by atoms with E-state index in [0.717, 1.165) is 0 Å². The minimum absolute atomic E-state index is 0.0502. The van der Waals surface area contributed by atoms with Crippen molar-refractivity contribution >= 4 is 34.7 Å². The molecule has 1 aromatic heterocycles. The molecule has 1 amide bonds. The maximum Gasteiger partial charge on any atom is 0.235 e. The molecule has 2 fully saturated rings. The van der Waals surface area contributed by atoms with Gasteiger partial charge in [0.05, 0.1) is 23.3 Å². The van der Waals surface area contributed by atoms with Gasteiger partial charge in [0.1, 0.15) is 11.5 Å². The number of primary amides is 1. The largest absolute Gasteiger partial charge is 0.506 e. The Labute approximate surface area is 199 Å². The Kier molecular flexibility index (Phi) is 4.99. The van der Waals surface area contributed by atoms with Crippen molar-refractivity contribution in [2.45, 2.75) is 24.9 Å². The Balaban J connectivity index is 1.66. The van der Waals surface area contributed by atoms with Crippen LogP contribution in [0.15, 0.2) is 28.9 Å². The topological polar surface area (TPSA) is 168 Å². The fraction of sp³-hybridized carbons (Fsp3) is 0.400. The van der Waals surface area contributed by atoms with Crippen molar-refractivity contribution in [2.24, 2.45) is 29.4 Å². The fourth-order valence-electron chi connectivity index (χ4n) is 6.03. The van der Waals surface area contributed by atoms with E-state index < -0.39 is 58.3 Å². The average Bonchev–Trinajstić information content (AvgIpc) is 3.30. The van der Waals surface area contributed by atoms with E-state index in [1.54, 1.807) is 37.2 Å². The third-order valence-corrected chi connectivity index (χ3v) is 7.65. The number of rotatable bonds is 3. The van der Waals surface area contributed by atoms with Crippen LogP contribution in [0.3, 0.4) is 0 Å². The minimum atomic E-state index is -2.67. The van der Waals surface area contributed by atoms with E-state index in [4.69, 9.17) is 10.2 Å².